The van der Waals surface area contributed by atoms with Gasteiger partial charge in [-0.25, -0.2) is 4.39 Å². The molecule has 5 amide bonds. The van der Waals surface area contributed by atoms with Crippen molar-refractivity contribution in [1.29, 1.82) is 0 Å². The minimum Gasteiger partial charge on any atom is -0.391 e. The second kappa shape index (κ2) is 15.9. The lowest BCUT2D eigenvalue weighted by atomic mass is 9.98. The largest absolute Gasteiger partial charge is 0.391 e. The number of halogens is 1. The zero-order valence-electron chi connectivity index (χ0n) is 26.5. The Hall–Kier alpha value is -5.10. The topological polar surface area (TPSA) is 157 Å². The van der Waals surface area contributed by atoms with Gasteiger partial charge in [-0.2, -0.15) is 0 Å². The van der Waals surface area contributed by atoms with Gasteiger partial charge in [0.2, 0.25) is 23.6 Å². The second-order valence-electron chi connectivity index (χ2n) is 11.8. The number of hydrogen-bond donors (Lipinski definition) is 5. The van der Waals surface area contributed by atoms with Gasteiger partial charge in [-0.3, -0.25) is 24.0 Å². The number of rotatable bonds is 6. The Balaban J connectivity index is 1.67. The first kappa shape index (κ1) is 34.8. The molecule has 0 spiro atoms. The molecular formula is C35H40FN5O6. The van der Waals surface area contributed by atoms with Crippen LogP contribution in [0, 0.1) is 11.7 Å². The lowest BCUT2D eigenvalue weighted by molar-refractivity contribution is -0.135. The molecular weight excluding hydrogens is 605 g/mol. The van der Waals surface area contributed by atoms with Crippen LogP contribution in [0.4, 0.5) is 4.39 Å². The van der Waals surface area contributed by atoms with Gasteiger partial charge in [0.1, 0.15) is 23.9 Å². The summed E-state index contributed by atoms with van der Waals surface area (Å²) in [7, 11) is 0. The van der Waals surface area contributed by atoms with Gasteiger partial charge < -0.3 is 31.3 Å². The van der Waals surface area contributed by atoms with Crippen molar-refractivity contribution in [3.05, 3.63) is 95.8 Å². The molecule has 0 aromatic heterocycles. The van der Waals surface area contributed by atoms with E-state index in [1.54, 1.807) is 74.5 Å². The maximum absolute atomic E-state index is 14.0. The molecule has 1 aliphatic heterocycles. The number of aliphatic hydroxyl groups excluding tert-OH is 1. The molecule has 3 aromatic rings. The van der Waals surface area contributed by atoms with Crippen LogP contribution < -0.4 is 21.3 Å². The fraction of sp³-hybridized carbons (Fsp3) is 0.343. The molecule has 1 aliphatic rings. The first-order valence-corrected chi connectivity index (χ1v) is 15.5. The molecule has 4 rings (SSSR count). The van der Waals surface area contributed by atoms with Gasteiger partial charge >= 0.3 is 0 Å². The lowest BCUT2D eigenvalue weighted by Gasteiger charge is -2.27. The third-order valence-corrected chi connectivity index (χ3v) is 7.86. The second-order valence-corrected chi connectivity index (χ2v) is 11.8. The fourth-order valence-electron chi connectivity index (χ4n) is 5.30. The molecule has 5 N–H and O–H groups in total. The molecule has 11 nitrogen and oxygen atoms in total. The van der Waals surface area contributed by atoms with E-state index in [2.05, 4.69) is 21.3 Å². The molecule has 0 unspecified atom stereocenters. The van der Waals surface area contributed by atoms with E-state index in [1.165, 1.54) is 24.0 Å². The van der Waals surface area contributed by atoms with Crippen molar-refractivity contribution in [2.45, 2.75) is 51.4 Å². The number of benzene rings is 3. The number of carbonyl (C=O) groups is 5. The van der Waals surface area contributed by atoms with Crippen molar-refractivity contribution < 1.29 is 33.5 Å². The smallest absolute Gasteiger partial charge is 0.255 e. The van der Waals surface area contributed by atoms with Crippen molar-refractivity contribution in [3.63, 3.8) is 0 Å². The summed E-state index contributed by atoms with van der Waals surface area (Å²) >= 11 is 0. The van der Waals surface area contributed by atoms with Crippen LogP contribution >= 0.6 is 0 Å². The Bertz CT molecular complexity index is 1580. The van der Waals surface area contributed by atoms with Gasteiger partial charge in [0.05, 0.1) is 12.6 Å². The molecule has 4 atom stereocenters. The number of hydrogen-bond acceptors (Lipinski definition) is 6. The van der Waals surface area contributed by atoms with Crippen LogP contribution in [0.15, 0.2) is 78.9 Å². The van der Waals surface area contributed by atoms with Gasteiger partial charge in [-0.05, 0) is 47.7 Å². The molecule has 1 heterocycles. The molecule has 12 heteroatoms. The summed E-state index contributed by atoms with van der Waals surface area (Å²) in [6, 6.07) is 17.7. The molecule has 1 fully saturated rings. The van der Waals surface area contributed by atoms with E-state index in [1.807, 2.05) is 6.07 Å². The third kappa shape index (κ3) is 9.23. The van der Waals surface area contributed by atoms with E-state index in [9.17, 15) is 33.5 Å². The van der Waals surface area contributed by atoms with Crippen LogP contribution in [0.5, 0.6) is 0 Å². The molecule has 248 valence electrons. The molecule has 0 bridgehead atoms. The number of amides is 5. The first-order chi connectivity index (χ1) is 22.4. The average molecular weight is 646 g/mol. The maximum atomic E-state index is 14.0. The van der Waals surface area contributed by atoms with Crippen LogP contribution in [0.25, 0.3) is 11.1 Å². The highest BCUT2D eigenvalue weighted by Crippen LogP contribution is 2.25. The van der Waals surface area contributed by atoms with E-state index in [0.29, 0.717) is 11.1 Å². The van der Waals surface area contributed by atoms with Crippen molar-refractivity contribution in [2.75, 3.05) is 19.6 Å². The molecule has 3 aromatic carbocycles. The maximum Gasteiger partial charge on any atom is 0.255 e. The van der Waals surface area contributed by atoms with Gasteiger partial charge in [0.25, 0.3) is 5.91 Å². The summed E-state index contributed by atoms with van der Waals surface area (Å²) in [6.45, 7) is 4.13. The predicted molar refractivity (Wildman–Crippen MR) is 173 cm³/mol. The first-order valence-electron chi connectivity index (χ1n) is 15.5. The minimum absolute atomic E-state index is 0.0844. The summed E-state index contributed by atoms with van der Waals surface area (Å²) in [5.41, 5.74) is 2.08. The number of carbonyl (C=O) groups excluding carboxylic acids is 5. The van der Waals surface area contributed by atoms with E-state index in [-0.39, 0.29) is 25.1 Å². The number of nitrogens with zero attached hydrogens (tertiary/aromatic N) is 1. The lowest BCUT2D eigenvalue weighted by Crippen LogP contribution is -2.60. The Morgan fingerprint density at radius 1 is 0.830 bits per heavy atom. The van der Waals surface area contributed by atoms with Gasteiger partial charge in [-0.1, -0.05) is 74.5 Å². The third-order valence-electron chi connectivity index (χ3n) is 7.86. The standard InChI is InChI=1S/C35H40FN5O6/c1-21(2)30-34(46)38-28(19-23-9-5-4-6-10-23)32(44)40-31(22(3)42)33(45)37-17-18-41(20-29(43)39-30)35(47)27-12-8-7-11-26(27)24-13-15-25(36)16-14-24/h4-16,21-22,28,30-31,42H,17-20H2,1-3H3,(H,37,45)(H,38,46)(H,39,43)(H,40,44)/t22-,28+,30-,31+/m1/s1. The molecule has 47 heavy (non-hydrogen) atoms. The molecule has 0 saturated carbocycles. The quantitative estimate of drug-likeness (QED) is 0.275. The Kier molecular flexibility index (Phi) is 11.8. The van der Waals surface area contributed by atoms with Gasteiger partial charge in [-0.15, -0.1) is 0 Å². The van der Waals surface area contributed by atoms with Crippen LogP contribution in [0.2, 0.25) is 0 Å². The Morgan fingerprint density at radius 3 is 2.15 bits per heavy atom. The van der Waals surface area contributed by atoms with E-state index in [4.69, 9.17) is 0 Å². The molecule has 1 saturated heterocycles. The molecule has 0 aliphatic carbocycles. The summed E-state index contributed by atoms with van der Waals surface area (Å²) in [5.74, 6) is -4.02. The summed E-state index contributed by atoms with van der Waals surface area (Å²) < 4.78 is 13.6. The minimum atomic E-state index is -1.37. The van der Waals surface area contributed by atoms with Crippen molar-refractivity contribution >= 4 is 29.5 Å². The monoisotopic (exact) mass is 645 g/mol. The van der Waals surface area contributed by atoms with Crippen LogP contribution in [0.3, 0.4) is 0 Å². The highest BCUT2D eigenvalue weighted by Gasteiger charge is 2.34. The zero-order valence-corrected chi connectivity index (χ0v) is 26.5. The van der Waals surface area contributed by atoms with E-state index < -0.39 is 72.0 Å². The number of aliphatic hydroxyl groups is 1. The number of nitrogens with one attached hydrogen (secondary N) is 4. The normalized spacial score (nSPS) is 20.6. The van der Waals surface area contributed by atoms with E-state index >= 15 is 0 Å². The summed E-state index contributed by atoms with van der Waals surface area (Å²) in [6.07, 6.45) is -1.21. The van der Waals surface area contributed by atoms with Crippen molar-refractivity contribution in [3.8, 4) is 11.1 Å². The highest BCUT2D eigenvalue weighted by atomic mass is 19.1. The van der Waals surface area contributed by atoms with Crippen molar-refractivity contribution in [2.24, 2.45) is 5.92 Å². The summed E-state index contributed by atoms with van der Waals surface area (Å²) in [4.78, 5) is 68.9. The van der Waals surface area contributed by atoms with E-state index in [0.717, 1.165) is 5.56 Å². The predicted octanol–water partition coefficient (Wildman–Crippen LogP) is 1.80. The van der Waals surface area contributed by atoms with Crippen LogP contribution in [0.1, 0.15) is 36.7 Å². The van der Waals surface area contributed by atoms with Gasteiger partial charge in [0.15, 0.2) is 0 Å². The molecule has 0 radical (unpaired) electrons. The average Bonchev–Trinajstić information content (AvgIpc) is 3.05. The Labute approximate surface area is 272 Å². The van der Waals surface area contributed by atoms with Crippen LogP contribution in [-0.2, 0) is 25.6 Å². The SMILES string of the molecule is CC(C)[C@H]1NC(=O)CN(C(=O)c2ccccc2-c2ccc(F)cc2)CCNC(=O)[C@H]([C@@H](C)O)NC(=O)[C@H](Cc2ccccc2)NC1=O. The van der Waals surface area contributed by atoms with Crippen molar-refractivity contribution in [1.82, 2.24) is 26.2 Å². The summed E-state index contributed by atoms with van der Waals surface area (Å²) in [5, 5.41) is 21.1. The zero-order chi connectivity index (χ0) is 34.1. The Morgan fingerprint density at radius 2 is 1.49 bits per heavy atom. The van der Waals surface area contributed by atoms with Gasteiger partial charge in [0, 0.05) is 25.1 Å². The highest BCUT2D eigenvalue weighted by molar-refractivity contribution is 6.02. The fourth-order valence-corrected chi connectivity index (χ4v) is 5.30. The van der Waals surface area contributed by atoms with Crippen LogP contribution in [-0.4, -0.2) is 83.4 Å².